The molecule has 2 aliphatic carbocycles. The predicted molar refractivity (Wildman–Crippen MR) is 88.6 cm³/mol. The van der Waals surface area contributed by atoms with Crippen LogP contribution in [0.15, 0.2) is 29.3 Å². The van der Waals surface area contributed by atoms with Crippen molar-refractivity contribution in [1.29, 1.82) is 0 Å². The molecule has 3 rings (SSSR count). The number of phenols is 1. The van der Waals surface area contributed by atoms with Crippen LogP contribution in [0.5, 0.6) is 5.75 Å². The fourth-order valence-electron chi connectivity index (χ4n) is 3.44. The summed E-state index contributed by atoms with van der Waals surface area (Å²) >= 11 is 0. The summed E-state index contributed by atoms with van der Waals surface area (Å²) in [7, 11) is 0. The van der Waals surface area contributed by atoms with Gasteiger partial charge >= 0.3 is 0 Å². The van der Waals surface area contributed by atoms with Gasteiger partial charge < -0.3 is 10.8 Å². The van der Waals surface area contributed by atoms with E-state index in [1.54, 1.807) is 12.1 Å². The maximum Gasteiger partial charge on any atom is 0.188 e. The fraction of sp³-hybridized carbons (Fsp3) is 0.444. The van der Waals surface area contributed by atoms with Gasteiger partial charge in [0.05, 0.1) is 22.9 Å². The summed E-state index contributed by atoms with van der Waals surface area (Å²) in [5.74, 6) is 0.719. The molecule has 1 aromatic rings. The second kappa shape index (κ2) is 5.95. The Kier molecular flexibility index (Phi) is 4.01. The van der Waals surface area contributed by atoms with Crippen molar-refractivity contribution in [2.24, 2.45) is 10.9 Å². The minimum absolute atomic E-state index is 0.0721. The van der Waals surface area contributed by atoms with Crippen molar-refractivity contribution in [2.75, 3.05) is 5.73 Å². The lowest BCUT2D eigenvalue weighted by atomic mass is 9.84. The molecule has 1 aromatic carbocycles. The molecule has 0 heterocycles. The van der Waals surface area contributed by atoms with Crippen LogP contribution in [0.3, 0.4) is 0 Å². The Hall–Kier alpha value is -2.10. The van der Waals surface area contributed by atoms with Crippen LogP contribution in [0, 0.1) is 5.92 Å². The van der Waals surface area contributed by atoms with Gasteiger partial charge in [-0.3, -0.25) is 9.79 Å². The van der Waals surface area contributed by atoms with Crippen LogP contribution in [0.2, 0.25) is 0 Å². The van der Waals surface area contributed by atoms with E-state index in [2.05, 4.69) is 6.92 Å². The van der Waals surface area contributed by atoms with E-state index in [-0.39, 0.29) is 17.6 Å². The molecule has 0 bridgehead atoms. The topological polar surface area (TPSA) is 75.7 Å². The molecule has 1 fully saturated rings. The first-order chi connectivity index (χ1) is 10.6. The third kappa shape index (κ3) is 2.65. The van der Waals surface area contributed by atoms with E-state index in [0.717, 1.165) is 18.8 Å². The molecular weight excluding hydrogens is 276 g/mol. The Labute approximate surface area is 130 Å². The van der Waals surface area contributed by atoms with E-state index < -0.39 is 0 Å². The number of aromatic hydroxyl groups is 1. The summed E-state index contributed by atoms with van der Waals surface area (Å²) in [4.78, 5) is 16.8. The maximum atomic E-state index is 12.0. The molecule has 0 unspecified atom stereocenters. The van der Waals surface area contributed by atoms with Crippen LogP contribution in [0.4, 0.5) is 5.69 Å². The van der Waals surface area contributed by atoms with Gasteiger partial charge in [0.1, 0.15) is 5.75 Å². The molecule has 0 radical (unpaired) electrons. The maximum absolute atomic E-state index is 12.0. The fourth-order valence-corrected chi connectivity index (χ4v) is 3.44. The Morgan fingerprint density at radius 1 is 1.18 bits per heavy atom. The quantitative estimate of drug-likeness (QED) is 0.648. The van der Waals surface area contributed by atoms with Gasteiger partial charge in [-0.05, 0) is 55.9 Å². The number of fused-ring (bicyclic) bond motifs is 1. The first kappa shape index (κ1) is 14.8. The number of ketones is 1. The average molecular weight is 298 g/mol. The van der Waals surface area contributed by atoms with Crippen molar-refractivity contribution in [1.82, 2.24) is 0 Å². The minimum atomic E-state index is -0.169. The summed E-state index contributed by atoms with van der Waals surface area (Å²) in [6.45, 7) is 2.24. The summed E-state index contributed by atoms with van der Waals surface area (Å²) in [5, 5.41) is 10.2. The molecule has 4 heteroatoms. The lowest BCUT2D eigenvalue weighted by Gasteiger charge is -2.26. The largest absolute Gasteiger partial charge is 0.507 e. The Morgan fingerprint density at radius 2 is 1.91 bits per heavy atom. The zero-order valence-corrected chi connectivity index (χ0v) is 12.9. The monoisotopic (exact) mass is 298 g/mol. The van der Waals surface area contributed by atoms with Gasteiger partial charge in [0.15, 0.2) is 5.78 Å². The van der Waals surface area contributed by atoms with Crippen molar-refractivity contribution >= 4 is 17.2 Å². The Balaban J connectivity index is 1.93. The van der Waals surface area contributed by atoms with Crippen molar-refractivity contribution in [3.8, 4) is 5.75 Å². The molecule has 0 aliphatic heterocycles. The normalized spacial score (nSPS) is 26.2. The van der Waals surface area contributed by atoms with E-state index in [1.807, 2.05) is 0 Å². The van der Waals surface area contributed by atoms with E-state index in [1.165, 1.54) is 31.4 Å². The average Bonchev–Trinajstić information content (AvgIpc) is 2.53. The number of phenolic OH excluding ortho intramolecular Hbond substituents is 1. The number of carbonyl (C=O) groups is 1. The van der Waals surface area contributed by atoms with Gasteiger partial charge in [0.2, 0.25) is 0 Å². The number of nitrogen functional groups attached to an aromatic ring is 1. The molecule has 22 heavy (non-hydrogen) atoms. The van der Waals surface area contributed by atoms with Gasteiger partial charge in [0.25, 0.3) is 0 Å². The van der Waals surface area contributed by atoms with Crippen LogP contribution in [-0.2, 0) is 0 Å². The van der Waals surface area contributed by atoms with Gasteiger partial charge in [-0.1, -0.05) is 13.3 Å². The van der Waals surface area contributed by atoms with E-state index >= 15 is 0 Å². The number of carbonyl (C=O) groups excluding carboxylic acids is 1. The molecular formula is C18H22N2O2. The Bertz CT molecular complexity index is 653. The summed E-state index contributed by atoms with van der Waals surface area (Å²) in [6, 6.07) is 3.36. The number of allylic oxidation sites excluding steroid dienone is 2. The van der Waals surface area contributed by atoms with Crippen LogP contribution < -0.4 is 5.73 Å². The van der Waals surface area contributed by atoms with Gasteiger partial charge in [-0.25, -0.2) is 0 Å². The minimum Gasteiger partial charge on any atom is -0.507 e. The van der Waals surface area contributed by atoms with Crippen LogP contribution in [0.25, 0.3) is 0 Å². The van der Waals surface area contributed by atoms with Gasteiger partial charge in [-0.2, -0.15) is 0 Å². The highest BCUT2D eigenvalue weighted by Gasteiger charge is 2.25. The van der Waals surface area contributed by atoms with E-state index in [9.17, 15) is 9.90 Å². The van der Waals surface area contributed by atoms with E-state index in [0.29, 0.717) is 22.5 Å². The lowest BCUT2D eigenvalue weighted by molar-refractivity contribution is 0.104. The number of rotatable bonds is 2. The van der Waals surface area contributed by atoms with E-state index in [4.69, 9.17) is 10.7 Å². The third-order valence-electron chi connectivity index (χ3n) is 4.83. The number of aliphatic imine (C=N–C) groups is 1. The predicted octanol–water partition coefficient (Wildman–Crippen LogP) is 3.48. The molecule has 116 valence electrons. The highest BCUT2D eigenvalue weighted by Crippen LogP contribution is 2.33. The molecule has 0 aromatic heterocycles. The zero-order valence-electron chi connectivity index (χ0n) is 12.9. The number of benzene rings is 1. The number of nitrogens with zero attached hydrogens (tertiary/aromatic N) is 1. The van der Waals surface area contributed by atoms with Crippen molar-refractivity contribution in [3.63, 3.8) is 0 Å². The number of hydrogen-bond donors (Lipinski definition) is 2. The SMILES string of the molecule is CCC1CCC(N=C2C=CC(=O)c3c(N)ccc(O)c32)CC1. The molecule has 0 atom stereocenters. The first-order valence-electron chi connectivity index (χ1n) is 8.02. The summed E-state index contributed by atoms with van der Waals surface area (Å²) in [5.41, 5.74) is 7.85. The van der Waals surface area contributed by atoms with Crippen LogP contribution >= 0.6 is 0 Å². The van der Waals surface area contributed by atoms with Gasteiger partial charge in [-0.15, -0.1) is 0 Å². The molecule has 0 spiro atoms. The van der Waals surface area contributed by atoms with Crippen molar-refractivity contribution in [3.05, 3.63) is 35.4 Å². The molecule has 3 N–H and O–H groups in total. The third-order valence-corrected chi connectivity index (χ3v) is 4.83. The van der Waals surface area contributed by atoms with Crippen molar-refractivity contribution in [2.45, 2.75) is 45.1 Å². The molecule has 4 nitrogen and oxygen atoms in total. The zero-order chi connectivity index (χ0) is 15.7. The highest BCUT2D eigenvalue weighted by atomic mass is 16.3. The smallest absolute Gasteiger partial charge is 0.188 e. The standard InChI is InChI=1S/C18H22N2O2/c1-2-11-3-5-12(6-4-11)20-14-8-10-15(21)17-13(19)7-9-16(22)18(14)17/h7-12,22H,2-6,19H2,1H3. The second-order valence-corrected chi connectivity index (χ2v) is 6.22. The highest BCUT2D eigenvalue weighted by molar-refractivity contribution is 6.26. The first-order valence-corrected chi connectivity index (χ1v) is 8.02. The second-order valence-electron chi connectivity index (χ2n) is 6.22. The number of nitrogens with two attached hydrogens (primary N) is 1. The van der Waals surface area contributed by atoms with Crippen LogP contribution in [-0.4, -0.2) is 22.6 Å². The number of hydrogen-bond acceptors (Lipinski definition) is 4. The summed E-state index contributed by atoms with van der Waals surface area (Å²) in [6.07, 6.45) is 8.99. The molecule has 0 saturated heterocycles. The van der Waals surface area contributed by atoms with Crippen LogP contribution in [0.1, 0.15) is 54.9 Å². The Morgan fingerprint density at radius 3 is 2.59 bits per heavy atom. The summed E-state index contributed by atoms with van der Waals surface area (Å²) < 4.78 is 0. The molecule has 1 saturated carbocycles. The van der Waals surface area contributed by atoms with Gasteiger partial charge in [0, 0.05) is 5.69 Å². The molecule has 2 aliphatic rings. The molecule has 0 amide bonds. The lowest BCUT2D eigenvalue weighted by Crippen LogP contribution is -2.21. The van der Waals surface area contributed by atoms with Crippen molar-refractivity contribution < 1.29 is 9.90 Å². The number of anilines is 1.